The Morgan fingerprint density at radius 3 is 2.25 bits per heavy atom. The van der Waals surface area contributed by atoms with E-state index in [0.717, 1.165) is 12.8 Å². The largest absolute Gasteiger partial charge is 0.390 e. The first-order valence-electron chi connectivity index (χ1n) is 7.35. The summed E-state index contributed by atoms with van der Waals surface area (Å²) in [4.78, 5) is 1.87. The molecule has 1 heterocycles. The number of hydrogen-bond acceptors (Lipinski definition) is 3. The van der Waals surface area contributed by atoms with Crippen LogP contribution in [-0.2, 0) is 0 Å². The molecule has 1 aliphatic rings. The second-order valence-electron chi connectivity index (χ2n) is 6.37. The van der Waals surface area contributed by atoms with Crippen molar-refractivity contribution in [2.45, 2.75) is 57.9 Å². The number of rotatable bonds is 6. The van der Waals surface area contributed by atoms with Gasteiger partial charge in [0.15, 0.2) is 0 Å². The molecule has 0 saturated carbocycles. The topological polar surface area (TPSA) is 35.5 Å². The summed E-state index contributed by atoms with van der Waals surface area (Å²) in [7, 11) is 0. The normalized spacial score (nSPS) is 22.2. The van der Waals surface area contributed by atoms with Crippen LogP contribution in [0.3, 0.4) is 0 Å². The van der Waals surface area contributed by atoms with Gasteiger partial charge in [0.05, 0.1) is 12.0 Å². The molecule has 20 heavy (non-hydrogen) atoms. The van der Waals surface area contributed by atoms with Gasteiger partial charge in [0.1, 0.15) is 0 Å². The molecule has 6 heteroatoms. The van der Waals surface area contributed by atoms with Crippen molar-refractivity contribution in [2.24, 2.45) is 5.92 Å². The fourth-order valence-electron chi connectivity index (χ4n) is 2.20. The highest BCUT2D eigenvalue weighted by Gasteiger charge is 2.30. The molecule has 1 atom stereocenters. The van der Waals surface area contributed by atoms with Crippen molar-refractivity contribution in [2.75, 3.05) is 26.2 Å². The van der Waals surface area contributed by atoms with E-state index in [2.05, 4.69) is 5.32 Å². The Balaban J connectivity index is 2.22. The number of aliphatic hydroxyl groups is 1. The van der Waals surface area contributed by atoms with E-state index in [1.54, 1.807) is 0 Å². The standard InChI is InChI=1S/C14H27F3N2O/c1-11(2)13(3,20)10-18-12-4-7-19(8-5-12)9-6-14(15,16)17/h11-12,18,20H,4-10H2,1-3H3. The van der Waals surface area contributed by atoms with Crippen molar-refractivity contribution in [3.63, 3.8) is 0 Å². The van der Waals surface area contributed by atoms with Crippen molar-refractivity contribution in [3.8, 4) is 0 Å². The average Bonchev–Trinajstić information content (AvgIpc) is 2.34. The van der Waals surface area contributed by atoms with Crippen LogP contribution in [0, 0.1) is 5.92 Å². The van der Waals surface area contributed by atoms with Gasteiger partial charge in [-0.05, 0) is 38.8 Å². The molecule has 0 amide bonds. The van der Waals surface area contributed by atoms with E-state index in [0.29, 0.717) is 25.7 Å². The third-order valence-electron chi connectivity index (χ3n) is 4.29. The fraction of sp³-hybridized carbons (Fsp3) is 1.00. The average molecular weight is 296 g/mol. The van der Waals surface area contributed by atoms with Gasteiger partial charge in [-0.25, -0.2) is 0 Å². The van der Waals surface area contributed by atoms with E-state index in [1.807, 2.05) is 25.7 Å². The molecular weight excluding hydrogens is 269 g/mol. The Labute approximate surface area is 119 Å². The second-order valence-corrected chi connectivity index (χ2v) is 6.37. The summed E-state index contributed by atoms with van der Waals surface area (Å²) in [6, 6.07) is 0.294. The predicted octanol–water partition coefficient (Wildman–Crippen LogP) is 2.40. The van der Waals surface area contributed by atoms with Crippen LogP contribution < -0.4 is 5.32 Å². The Hall–Kier alpha value is -0.330. The summed E-state index contributed by atoms with van der Waals surface area (Å²) < 4.78 is 36.4. The summed E-state index contributed by atoms with van der Waals surface area (Å²) in [6.45, 7) is 7.76. The highest BCUT2D eigenvalue weighted by atomic mass is 19.4. The number of nitrogens with one attached hydrogen (secondary N) is 1. The molecule has 1 aliphatic heterocycles. The number of alkyl halides is 3. The maximum Gasteiger partial charge on any atom is 0.390 e. The van der Waals surface area contributed by atoms with Crippen molar-refractivity contribution < 1.29 is 18.3 Å². The van der Waals surface area contributed by atoms with Gasteiger partial charge in [-0.2, -0.15) is 13.2 Å². The number of nitrogens with zero attached hydrogens (tertiary/aromatic N) is 1. The van der Waals surface area contributed by atoms with E-state index in [9.17, 15) is 18.3 Å². The SMILES string of the molecule is CC(C)C(C)(O)CNC1CCN(CCC(F)(F)F)CC1. The molecule has 3 nitrogen and oxygen atoms in total. The zero-order valence-corrected chi connectivity index (χ0v) is 12.6. The molecule has 1 rings (SSSR count). The molecule has 0 radical (unpaired) electrons. The molecular formula is C14H27F3N2O. The third kappa shape index (κ3) is 6.41. The van der Waals surface area contributed by atoms with Gasteiger partial charge < -0.3 is 15.3 Å². The van der Waals surface area contributed by atoms with Gasteiger partial charge >= 0.3 is 6.18 Å². The molecule has 1 fully saturated rings. The van der Waals surface area contributed by atoms with Crippen LogP contribution in [0.1, 0.15) is 40.0 Å². The van der Waals surface area contributed by atoms with Crippen molar-refractivity contribution in [3.05, 3.63) is 0 Å². The molecule has 0 aromatic carbocycles. The summed E-state index contributed by atoms with van der Waals surface area (Å²) >= 11 is 0. The smallest absolute Gasteiger partial charge is 0.389 e. The highest BCUT2D eigenvalue weighted by Crippen LogP contribution is 2.21. The van der Waals surface area contributed by atoms with Crippen LogP contribution in [0.4, 0.5) is 13.2 Å². The van der Waals surface area contributed by atoms with Crippen LogP contribution in [0.15, 0.2) is 0 Å². The molecule has 1 unspecified atom stereocenters. The van der Waals surface area contributed by atoms with E-state index >= 15 is 0 Å². The van der Waals surface area contributed by atoms with Gasteiger partial charge in [0.25, 0.3) is 0 Å². The van der Waals surface area contributed by atoms with E-state index < -0.39 is 18.2 Å². The van der Waals surface area contributed by atoms with Crippen LogP contribution in [0.2, 0.25) is 0 Å². The van der Waals surface area contributed by atoms with Crippen molar-refractivity contribution >= 4 is 0 Å². The molecule has 120 valence electrons. The van der Waals surface area contributed by atoms with E-state index in [-0.39, 0.29) is 12.5 Å². The minimum Gasteiger partial charge on any atom is -0.389 e. The minimum absolute atomic E-state index is 0.0972. The molecule has 2 N–H and O–H groups in total. The summed E-state index contributed by atoms with van der Waals surface area (Å²) in [6.07, 6.45) is -3.11. The lowest BCUT2D eigenvalue weighted by Crippen LogP contribution is -2.49. The Morgan fingerprint density at radius 2 is 1.80 bits per heavy atom. The second kappa shape index (κ2) is 7.09. The fourth-order valence-corrected chi connectivity index (χ4v) is 2.20. The van der Waals surface area contributed by atoms with Crippen molar-refractivity contribution in [1.82, 2.24) is 10.2 Å². The molecule has 0 spiro atoms. The van der Waals surface area contributed by atoms with Gasteiger partial charge in [0, 0.05) is 19.1 Å². The molecule has 0 aromatic heterocycles. The lowest BCUT2D eigenvalue weighted by Gasteiger charge is -2.35. The zero-order chi connectivity index (χ0) is 15.4. The van der Waals surface area contributed by atoms with Crippen LogP contribution in [0.5, 0.6) is 0 Å². The van der Waals surface area contributed by atoms with Gasteiger partial charge in [-0.3, -0.25) is 0 Å². The third-order valence-corrected chi connectivity index (χ3v) is 4.29. The number of halogens is 3. The Bertz CT molecular complexity index is 285. The molecule has 0 aromatic rings. The van der Waals surface area contributed by atoms with Gasteiger partial charge in [-0.15, -0.1) is 0 Å². The molecule has 0 aliphatic carbocycles. The maximum absolute atomic E-state index is 12.1. The summed E-state index contributed by atoms with van der Waals surface area (Å²) in [5.41, 5.74) is -0.743. The first kappa shape index (κ1) is 17.7. The first-order chi connectivity index (χ1) is 9.10. The predicted molar refractivity (Wildman–Crippen MR) is 73.6 cm³/mol. The van der Waals surface area contributed by atoms with Gasteiger partial charge in [-0.1, -0.05) is 13.8 Å². The van der Waals surface area contributed by atoms with Gasteiger partial charge in [0.2, 0.25) is 0 Å². The summed E-state index contributed by atoms with van der Waals surface area (Å²) in [5, 5.41) is 13.5. The summed E-state index contributed by atoms with van der Waals surface area (Å²) in [5.74, 6) is 0.168. The van der Waals surface area contributed by atoms with Crippen LogP contribution >= 0.6 is 0 Å². The highest BCUT2D eigenvalue weighted by molar-refractivity contribution is 4.84. The van der Waals surface area contributed by atoms with Crippen LogP contribution in [0.25, 0.3) is 0 Å². The lowest BCUT2D eigenvalue weighted by atomic mass is 9.92. The monoisotopic (exact) mass is 296 g/mol. The van der Waals surface area contributed by atoms with E-state index in [4.69, 9.17) is 0 Å². The van der Waals surface area contributed by atoms with E-state index in [1.165, 1.54) is 0 Å². The quantitative estimate of drug-likeness (QED) is 0.790. The number of piperidine rings is 1. The zero-order valence-electron chi connectivity index (χ0n) is 12.6. The Morgan fingerprint density at radius 1 is 1.25 bits per heavy atom. The van der Waals surface area contributed by atoms with Crippen molar-refractivity contribution in [1.29, 1.82) is 0 Å². The van der Waals surface area contributed by atoms with Crippen LogP contribution in [-0.4, -0.2) is 54.0 Å². The lowest BCUT2D eigenvalue weighted by molar-refractivity contribution is -0.138. The molecule has 1 saturated heterocycles. The molecule has 0 bridgehead atoms. The Kier molecular flexibility index (Phi) is 6.28. The maximum atomic E-state index is 12.1. The number of likely N-dealkylation sites (tertiary alicyclic amines) is 1. The minimum atomic E-state index is -4.06. The number of hydrogen-bond donors (Lipinski definition) is 2. The first-order valence-corrected chi connectivity index (χ1v) is 7.35.